The van der Waals surface area contributed by atoms with Gasteiger partial charge in [-0.15, -0.1) is 0 Å². The first-order chi connectivity index (χ1) is 27.0. The monoisotopic (exact) mass is 801 g/mol. The Hall–Kier alpha value is -6.32. The number of pyridine rings is 1. The predicted octanol–water partition coefficient (Wildman–Crippen LogP) is 5.66. The first-order valence-electron chi connectivity index (χ1n) is 17.7. The molecule has 0 aliphatic carbocycles. The summed E-state index contributed by atoms with van der Waals surface area (Å²) in [6.07, 6.45) is 4.13. The fourth-order valence-corrected chi connectivity index (χ4v) is 5.70. The van der Waals surface area contributed by atoms with Crippen molar-refractivity contribution in [3.05, 3.63) is 119 Å². The van der Waals surface area contributed by atoms with Crippen LogP contribution in [0.15, 0.2) is 102 Å². The molecule has 0 radical (unpaired) electrons. The number of carbonyl (C=O) groups is 5. The van der Waals surface area contributed by atoms with Crippen LogP contribution in [-0.2, 0) is 14.4 Å². The van der Waals surface area contributed by atoms with Gasteiger partial charge in [-0.3, -0.25) is 24.3 Å². The van der Waals surface area contributed by atoms with E-state index in [9.17, 15) is 24.0 Å². The smallest absolute Gasteiger partial charge is 0.339 e. The normalized spacial score (nSPS) is 15.8. The van der Waals surface area contributed by atoms with Gasteiger partial charge < -0.3 is 35.0 Å². The molecule has 6 rings (SSSR count). The third-order valence-corrected chi connectivity index (χ3v) is 8.68. The molecule has 3 aromatic carbocycles. The maximum absolute atomic E-state index is 11.7. The van der Waals surface area contributed by atoms with E-state index in [1.54, 1.807) is 49.6 Å². The first-order valence-corrected chi connectivity index (χ1v) is 18.1. The molecule has 15 nitrogen and oxygen atoms in total. The zero-order valence-corrected chi connectivity index (χ0v) is 33.6. The summed E-state index contributed by atoms with van der Waals surface area (Å²) in [4.78, 5) is 70.1. The number of imide groups is 1. The highest BCUT2D eigenvalue weighted by atomic mass is 35.5. The van der Waals surface area contributed by atoms with Crippen LogP contribution in [0.1, 0.15) is 47.8 Å². The molecule has 0 bridgehead atoms. The SMILES string of the molecule is CC(=O)Nc1ccc(O)cc1.CC(=O)Oc1ccccc1C(=O)O.CN(C)CCC(c1ccc(Cl)cc1)c1ccccn1.CN1C(=O)C2C(N=CN2C)N(C)C1=O. The highest BCUT2D eigenvalue weighted by Gasteiger charge is 2.47. The van der Waals surface area contributed by atoms with Gasteiger partial charge in [0.1, 0.15) is 17.1 Å². The standard InChI is InChI=1S/C16H19ClN2.C9H8O4.C8H12N4O2.C8H9NO2/c1-19(2)12-10-15(16-5-3-4-11-18-16)13-6-8-14(17)9-7-13;1-6(10)13-8-5-3-2-4-7(8)9(11)12;1-10-4-9-6-5(10)7(13)12(3)8(14)11(6)2;1-6(10)9-7-2-4-8(11)5-3-7/h3-9,11,15H,10,12H2,1-2H3;2-5H,1H3,(H,11,12);4-6H,1-3H3;2-5,11H,1H3,(H,9,10). The molecule has 1 saturated heterocycles. The number of carboxylic acid groups (broad SMARTS) is 1. The van der Waals surface area contributed by atoms with Gasteiger partial charge in [0, 0.05) is 63.5 Å². The van der Waals surface area contributed by atoms with Crippen molar-refractivity contribution in [2.24, 2.45) is 4.99 Å². The van der Waals surface area contributed by atoms with E-state index in [0.29, 0.717) is 11.6 Å². The summed E-state index contributed by atoms with van der Waals surface area (Å²) in [5.41, 5.74) is 3.06. The number of aromatic hydroxyl groups is 1. The van der Waals surface area contributed by atoms with E-state index in [2.05, 4.69) is 57.2 Å². The summed E-state index contributed by atoms with van der Waals surface area (Å²) in [6.45, 7) is 3.69. The third kappa shape index (κ3) is 13.7. The molecule has 2 aliphatic heterocycles. The molecule has 16 heteroatoms. The van der Waals surface area contributed by atoms with Crippen LogP contribution in [0.2, 0.25) is 5.02 Å². The Kier molecular flexibility index (Phi) is 17.1. The predicted molar refractivity (Wildman–Crippen MR) is 218 cm³/mol. The van der Waals surface area contributed by atoms with Gasteiger partial charge in [-0.25, -0.2) is 14.6 Å². The maximum atomic E-state index is 11.7. The van der Waals surface area contributed by atoms with E-state index in [4.69, 9.17) is 21.8 Å². The Morgan fingerprint density at radius 2 is 1.54 bits per heavy atom. The van der Waals surface area contributed by atoms with Crippen molar-refractivity contribution in [2.75, 3.05) is 47.1 Å². The molecule has 3 atom stereocenters. The minimum Gasteiger partial charge on any atom is -0.508 e. The molecule has 2 aliphatic rings. The molecular weight excluding hydrogens is 754 g/mol. The van der Waals surface area contributed by atoms with Gasteiger partial charge in [0.05, 0.1) is 6.34 Å². The van der Waals surface area contributed by atoms with Gasteiger partial charge in [-0.1, -0.05) is 41.9 Å². The van der Waals surface area contributed by atoms with Crippen molar-refractivity contribution in [2.45, 2.75) is 38.4 Å². The number of amides is 4. The Morgan fingerprint density at radius 3 is 2.11 bits per heavy atom. The third-order valence-electron chi connectivity index (χ3n) is 8.43. The zero-order chi connectivity index (χ0) is 42.2. The molecule has 0 saturated carbocycles. The number of benzene rings is 3. The molecule has 4 amide bonds. The van der Waals surface area contributed by atoms with Crippen molar-refractivity contribution >= 4 is 53.4 Å². The van der Waals surface area contributed by atoms with Gasteiger partial charge in [-0.05, 0) is 93.3 Å². The number of urea groups is 1. The summed E-state index contributed by atoms with van der Waals surface area (Å²) in [6, 6.07) is 25.8. The molecule has 302 valence electrons. The molecule has 57 heavy (non-hydrogen) atoms. The lowest BCUT2D eigenvalue weighted by atomic mass is 9.92. The lowest BCUT2D eigenvalue weighted by molar-refractivity contribution is -0.135. The number of aromatic nitrogens is 1. The number of rotatable bonds is 8. The van der Waals surface area contributed by atoms with Crippen LogP contribution in [-0.4, -0.2) is 125 Å². The van der Waals surface area contributed by atoms with Crippen LogP contribution >= 0.6 is 11.6 Å². The van der Waals surface area contributed by atoms with Crippen LogP contribution in [0.4, 0.5) is 10.5 Å². The number of likely N-dealkylation sites (N-methyl/N-ethyl adjacent to an activating group) is 3. The number of nitrogens with zero attached hydrogens (tertiary/aromatic N) is 6. The lowest BCUT2D eigenvalue weighted by Gasteiger charge is -2.38. The van der Waals surface area contributed by atoms with Crippen LogP contribution in [0.3, 0.4) is 0 Å². The maximum Gasteiger partial charge on any atom is 0.339 e. The first kappa shape index (κ1) is 45.1. The number of hydrogen-bond acceptors (Lipinski definition) is 11. The quantitative estimate of drug-likeness (QED) is 0.114. The minimum absolute atomic E-state index is 0.0160. The number of fused-ring (bicyclic) bond motifs is 1. The van der Waals surface area contributed by atoms with E-state index in [1.165, 1.54) is 55.6 Å². The van der Waals surface area contributed by atoms with E-state index in [1.807, 2.05) is 30.5 Å². The summed E-state index contributed by atoms with van der Waals surface area (Å²) >= 11 is 5.97. The van der Waals surface area contributed by atoms with Gasteiger partial charge in [0.2, 0.25) is 5.91 Å². The largest absolute Gasteiger partial charge is 0.508 e. The molecule has 3 N–H and O–H groups in total. The Morgan fingerprint density at radius 1 is 0.912 bits per heavy atom. The van der Waals surface area contributed by atoms with E-state index in [0.717, 1.165) is 28.6 Å². The van der Waals surface area contributed by atoms with E-state index >= 15 is 0 Å². The fraction of sp³-hybridized carbons (Fsp3) is 0.293. The second kappa shape index (κ2) is 21.7. The number of carboxylic acids is 1. The number of aromatic carboxylic acids is 1. The van der Waals surface area contributed by atoms with Gasteiger partial charge in [0.25, 0.3) is 5.91 Å². The summed E-state index contributed by atoms with van der Waals surface area (Å²) in [7, 11) is 9.11. The van der Waals surface area contributed by atoms with Crippen molar-refractivity contribution in [1.82, 2.24) is 24.6 Å². The number of hydrogen-bond donors (Lipinski definition) is 3. The lowest BCUT2D eigenvalue weighted by Crippen LogP contribution is -2.63. The molecule has 0 spiro atoms. The minimum atomic E-state index is -1.11. The molecule has 1 fully saturated rings. The molecule has 3 unspecified atom stereocenters. The van der Waals surface area contributed by atoms with Crippen LogP contribution < -0.4 is 10.1 Å². The summed E-state index contributed by atoms with van der Waals surface area (Å²) < 4.78 is 4.69. The second-order valence-electron chi connectivity index (χ2n) is 13.2. The number of halogens is 1. The highest BCUT2D eigenvalue weighted by Crippen LogP contribution is 2.28. The number of anilines is 1. The number of carbonyl (C=O) groups excluding carboxylic acids is 4. The number of aliphatic imine (C=N–C) groups is 1. The number of nitrogens with one attached hydrogen (secondary N) is 1. The van der Waals surface area contributed by atoms with Crippen molar-refractivity contribution in [3.8, 4) is 11.5 Å². The number of ether oxygens (including phenoxy) is 1. The van der Waals surface area contributed by atoms with E-state index in [-0.39, 0.29) is 47.1 Å². The Balaban J connectivity index is 0.000000208. The summed E-state index contributed by atoms with van der Waals surface area (Å²) in [5.74, 6) is -1.37. The number of phenols is 1. The fourth-order valence-electron chi connectivity index (χ4n) is 5.58. The van der Waals surface area contributed by atoms with Gasteiger partial charge in [-0.2, -0.15) is 0 Å². The number of para-hydroxylation sites is 1. The van der Waals surface area contributed by atoms with Crippen molar-refractivity contribution < 1.29 is 38.9 Å². The van der Waals surface area contributed by atoms with Gasteiger partial charge >= 0.3 is 18.0 Å². The molecule has 3 heterocycles. The van der Waals surface area contributed by atoms with Crippen LogP contribution in [0.25, 0.3) is 0 Å². The average Bonchev–Trinajstić information content (AvgIpc) is 3.57. The number of esters is 1. The van der Waals surface area contributed by atoms with Crippen molar-refractivity contribution in [3.63, 3.8) is 0 Å². The second-order valence-corrected chi connectivity index (χ2v) is 13.6. The molecule has 4 aromatic rings. The summed E-state index contributed by atoms with van der Waals surface area (Å²) in [5, 5.41) is 20.9. The van der Waals surface area contributed by atoms with Gasteiger partial charge in [0.15, 0.2) is 12.2 Å². The average molecular weight is 802 g/mol. The Labute approximate surface area is 337 Å². The van der Waals surface area contributed by atoms with Crippen LogP contribution in [0, 0.1) is 0 Å². The molecule has 1 aromatic heterocycles. The Bertz CT molecular complexity index is 2000. The zero-order valence-electron chi connectivity index (χ0n) is 32.9. The molecular formula is C41H48ClN7O8. The topological polar surface area (TPSA) is 185 Å². The van der Waals surface area contributed by atoms with Crippen molar-refractivity contribution in [1.29, 1.82) is 0 Å². The number of phenolic OH excluding ortho intramolecular Hbond substituents is 1. The van der Waals surface area contributed by atoms with Crippen LogP contribution in [0.5, 0.6) is 11.5 Å². The highest BCUT2D eigenvalue weighted by molar-refractivity contribution is 6.30. The van der Waals surface area contributed by atoms with E-state index < -0.39 is 11.9 Å².